The Hall–Kier alpha value is -1.28. The molecular weight excluding hydrogens is 622 g/mol. The number of hydrogen-bond acceptors (Lipinski definition) is 8. The van der Waals surface area contributed by atoms with E-state index in [9.17, 15) is 36.0 Å². The molecule has 16 heteroatoms. The van der Waals surface area contributed by atoms with Crippen molar-refractivity contribution in [1.29, 1.82) is 0 Å². The maximum Gasteiger partial charge on any atom is 0.342 e. The minimum Gasteiger partial charge on any atom is -0.272 e. The van der Waals surface area contributed by atoms with Crippen LogP contribution >= 0.6 is 45.2 Å². The second-order valence-corrected chi connectivity index (χ2v) is 10.6. The summed E-state index contributed by atoms with van der Waals surface area (Å²) in [4.78, 5) is 47.4. The van der Waals surface area contributed by atoms with Crippen LogP contribution in [0.2, 0.25) is 0 Å². The van der Waals surface area contributed by atoms with E-state index >= 15 is 0 Å². The molecule has 144 valence electrons. The lowest BCUT2D eigenvalue weighted by Crippen LogP contribution is -2.34. The summed E-state index contributed by atoms with van der Waals surface area (Å²) in [6, 6.07) is 0. The number of hydrogen-bond donors (Lipinski definition) is 2. The van der Waals surface area contributed by atoms with Crippen molar-refractivity contribution in [2.75, 3.05) is 12.5 Å². The molecule has 0 aliphatic rings. The van der Waals surface area contributed by atoms with Crippen LogP contribution in [0.5, 0.6) is 0 Å². The molecule has 0 aliphatic carbocycles. The first-order chi connectivity index (χ1) is 11.6. The Morgan fingerprint density at radius 3 is 1.23 bits per heavy atom. The molecule has 2 aromatic heterocycles. The van der Waals surface area contributed by atoms with Gasteiger partial charge in [-0.25, -0.2) is 26.4 Å². The number of H-pyrrole nitrogens is 2. The highest BCUT2D eigenvalue weighted by atomic mass is 127. The molecule has 26 heavy (non-hydrogen) atoms. The fourth-order valence-electron chi connectivity index (χ4n) is 1.36. The van der Waals surface area contributed by atoms with Crippen LogP contribution in [-0.2, 0) is 20.0 Å². The van der Waals surface area contributed by atoms with Crippen LogP contribution in [0.15, 0.2) is 31.6 Å². The van der Waals surface area contributed by atoms with Gasteiger partial charge in [0.2, 0.25) is 20.0 Å². The van der Waals surface area contributed by atoms with Crippen molar-refractivity contribution in [1.82, 2.24) is 17.9 Å². The minimum absolute atomic E-state index is 0.141. The third-order valence-electron chi connectivity index (χ3n) is 2.45. The molecular formula is C10H10I2N4O8S2. The maximum absolute atomic E-state index is 11.0. The summed E-state index contributed by atoms with van der Waals surface area (Å²) in [7, 11) is -7.29. The van der Waals surface area contributed by atoms with Gasteiger partial charge in [0.25, 0.3) is 11.1 Å². The molecule has 0 aliphatic heterocycles. The van der Waals surface area contributed by atoms with Crippen molar-refractivity contribution in [3.63, 3.8) is 0 Å². The lowest BCUT2D eigenvalue weighted by atomic mass is 10.7. The lowest BCUT2D eigenvalue weighted by molar-refractivity contribution is 0.587. The summed E-state index contributed by atoms with van der Waals surface area (Å²) in [5, 5.41) is 0. The lowest BCUT2D eigenvalue weighted by Gasteiger charge is -2.00. The largest absolute Gasteiger partial charge is 0.342 e. The molecule has 2 N–H and O–H groups in total. The van der Waals surface area contributed by atoms with Gasteiger partial charge >= 0.3 is 11.4 Å². The first kappa shape index (κ1) is 22.8. The van der Waals surface area contributed by atoms with E-state index < -0.39 is 42.5 Å². The van der Waals surface area contributed by atoms with Gasteiger partial charge in [-0.2, -0.15) is 7.94 Å². The van der Waals surface area contributed by atoms with Gasteiger partial charge in [0.1, 0.15) is 0 Å². The molecule has 0 saturated carbocycles. The van der Waals surface area contributed by atoms with Gasteiger partial charge in [0, 0.05) is 12.4 Å². The van der Waals surface area contributed by atoms with E-state index in [1.54, 1.807) is 45.2 Å². The fraction of sp³-hybridized carbons (Fsp3) is 0.200. The molecule has 0 saturated heterocycles. The summed E-state index contributed by atoms with van der Waals surface area (Å²) in [5.74, 6) is 0. The maximum atomic E-state index is 11.0. The van der Waals surface area contributed by atoms with E-state index in [0.717, 1.165) is 24.9 Å². The van der Waals surface area contributed by atoms with E-state index in [4.69, 9.17) is 0 Å². The van der Waals surface area contributed by atoms with Crippen LogP contribution in [-0.4, -0.2) is 47.3 Å². The van der Waals surface area contributed by atoms with Gasteiger partial charge in [-0.05, 0) is 45.2 Å². The van der Waals surface area contributed by atoms with E-state index in [1.165, 1.54) is 0 Å². The van der Waals surface area contributed by atoms with E-state index in [1.807, 2.05) is 9.97 Å². The Kier molecular flexibility index (Phi) is 7.15. The highest BCUT2D eigenvalue weighted by molar-refractivity contribution is 14.1. The van der Waals surface area contributed by atoms with Crippen LogP contribution in [0.4, 0.5) is 0 Å². The Morgan fingerprint density at radius 1 is 0.731 bits per heavy atom. The summed E-state index contributed by atoms with van der Waals surface area (Å²) in [5.41, 5.74) is -3.09. The third-order valence-corrected chi connectivity index (χ3v) is 5.96. The molecule has 2 heterocycles. The highest BCUT2D eigenvalue weighted by Crippen LogP contribution is 1.95. The monoisotopic (exact) mass is 632 g/mol. The molecule has 0 aromatic carbocycles. The van der Waals surface area contributed by atoms with Crippen molar-refractivity contribution in [2.24, 2.45) is 0 Å². The molecule has 2 rings (SSSR count). The SMILES string of the molecule is CS(=O)(=O)n1cc(I)c(=O)[nH]c1=O.CS(=O)(=O)n1cc(I)c(=O)[nH]c1=O. The van der Waals surface area contributed by atoms with Crippen LogP contribution in [0, 0.1) is 7.14 Å². The van der Waals surface area contributed by atoms with Gasteiger partial charge in [-0.1, -0.05) is 0 Å². The van der Waals surface area contributed by atoms with Crippen molar-refractivity contribution >= 4 is 65.2 Å². The van der Waals surface area contributed by atoms with Gasteiger partial charge in [0.15, 0.2) is 0 Å². The molecule has 0 spiro atoms. The van der Waals surface area contributed by atoms with E-state index in [0.29, 0.717) is 7.94 Å². The van der Waals surface area contributed by atoms with Gasteiger partial charge < -0.3 is 0 Å². The second-order valence-electron chi connectivity index (χ2n) is 4.59. The average Bonchev–Trinajstić information content (AvgIpc) is 2.45. The summed E-state index contributed by atoms with van der Waals surface area (Å²) < 4.78 is 45.1. The van der Waals surface area contributed by atoms with Crippen LogP contribution in [0.3, 0.4) is 0 Å². The Balaban J connectivity index is 0.000000260. The first-order valence-electron chi connectivity index (χ1n) is 6.08. The van der Waals surface area contributed by atoms with Crippen LogP contribution in [0.1, 0.15) is 0 Å². The quantitative estimate of drug-likeness (QED) is 0.354. The van der Waals surface area contributed by atoms with Gasteiger partial charge in [-0.15, -0.1) is 0 Å². The first-order valence-corrected chi connectivity index (χ1v) is 11.9. The number of aromatic amines is 2. The smallest absolute Gasteiger partial charge is 0.272 e. The highest BCUT2D eigenvalue weighted by Gasteiger charge is 2.10. The Morgan fingerprint density at radius 2 is 1.00 bits per heavy atom. The predicted molar refractivity (Wildman–Crippen MR) is 109 cm³/mol. The fourth-order valence-corrected chi connectivity index (χ4v) is 3.85. The molecule has 0 bridgehead atoms. The van der Waals surface area contributed by atoms with Crippen molar-refractivity contribution in [3.8, 4) is 0 Å². The topological polar surface area (TPSA) is 178 Å². The van der Waals surface area contributed by atoms with E-state index in [-0.39, 0.29) is 7.14 Å². The molecule has 0 unspecified atom stereocenters. The van der Waals surface area contributed by atoms with Crippen molar-refractivity contribution < 1.29 is 16.8 Å². The second kappa shape index (κ2) is 8.17. The molecule has 2 aromatic rings. The number of halogens is 2. The number of rotatable bonds is 2. The number of nitrogens with zero attached hydrogens (tertiary/aromatic N) is 2. The van der Waals surface area contributed by atoms with Gasteiger partial charge in [-0.3, -0.25) is 19.6 Å². The zero-order chi connectivity index (χ0) is 20.4. The van der Waals surface area contributed by atoms with Crippen molar-refractivity contribution in [2.45, 2.75) is 0 Å². The standard InChI is InChI=1S/2C5H5IN2O4S/c2*1-13(11,12)8-2-3(6)4(9)7-5(8)10/h2*2H,1H3,(H,7,9,10). The van der Waals surface area contributed by atoms with Gasteiger partial charge in [0.05, 0.1) is 19.7 Å². The number of nitrogens with one attached hydrogen (secondary N) is 2. The predicted octanol–water partition coefficient (Wildman–Crippen LogP) is -2.10. The van der Waals surface area contributed by atoms with E-state index in [2.05, 4.69) is 0 Å². The zero-order valence-corrected chi connectivity index (χ0v) is 18.8. The Labute approximate surface area is 172 Å². The van der Waals surface area contributed by atoms with Crippen molar-refractivity contribution in [3.05, 3.63) is 61.2 Å². The third kappa shape index (κ3) is 5.87. The van der Waals surface area contributed by atoms with Crippen LogP contribution < -0.4 is 22.5 Å². The molecule has 0 atom stereocenters. The summed E-state index contributed by atoms with van der Waals surface area (Å²) >= 11 is 3.28. The molecule has 0 fully saturated rings. The Bertz CT molecular complexity index is 1180. The average molecular weight is 632 g/mol. The molecule has 12 nitrogen and oxygen atoms in total. The number of aromatic nitrogens is 4. The molecule has 0 radical (unpaired) electrons. The summed E-state index contributed by atoms with van der Waals surface area (Å²) in [6.07, 6.45) is 3.72. The zero-order valence-electron chi connectivity index (χ0n) is 12.9. The summed E-state index contributed by atoms with van der Waals surface area (Å²) in [6.45, 7) is 0. The minimum atomic E-state index is -3.64. The van der Waals surface area contributed by atoms with Crippen LogP contribution in [0.25, 0.3) is 0 Å². The molecule has 0 amide bonds. The normalized spacial score (nSPS) is 11.5.